The van der Waals surface area contributed by atoms with Gasteiger partial charge in [-0.15, -0.1) is 0 Å². The molecule has 0 saturated carbocycles. The number of rotatable bonds is 6. The maximum absolute atomic E-state index is 9.96. The maximum atomic E-state index is 9.96. The third kappa shape index (κ3) is 4.04. The van der Waals surface area contributed by atoms with Gasteiger partial charge in [-0.3, -0.25) is 0 Å². The van der Waals surface area contributed by atoms with E-state index in [0.717, 1.165) is 0 Å². The van der Waals surface area contributed by atoms with Crippen LogP contribution in [0.1, 0.15) is 33.1 Å². The number of hydrogen-bond acceptors (Lipinski definition) is 4. The predicted molar refractivity (Wildman–Crippen MR) is 49.0 cm³/mol. The van der Waals surface area contributed by atoms with E-state index in [-0.39, 0.29) is 18.9 Å². The van der Waals surface area contributed by atoms with E-state index in [1.807, 2.05) is 6.92 Å². The Morgan fingerprint density at radius 3 is 2.15 bits per heavy atom. The largest absolute Gasteiger partial charge is 0.396 e. The highest BCUT2D eigenvalue weighted by molar-refractivity contribution is 4.82. The zero-order valence-corrected chi connectivity index (χ0v) is 8.27. The summed E-state index contributed by atoms with van der Waals surface area (Å²) in [7, 11) is 0. The molecule has 13 heavy (non-hydrogen) atoms. The molecule has 0 amide bonds. The van der Waals surface area contributed by atoms with Gasteiger partial charge in [0, 0.05) is 18.9 Å². The van der Waals surface area contributed by atoms with Crippen LogP contribution in [-0.2, 0) is 0 Å². The lowest BCUT2D eigenvalue weighted by Gasteiger charge is -2.32. The van der Waals surface area contributed by atoms with Crippen molar-refractivity contribution in [2.75, 3.05) is 6.61 Å². The van der Waals surface area contributed by atoms with Gasteiger partial charge in [-0.1, -0.05) is 13.8 Å². The van der Waals surface area contributed by atoms with Crippen LogP contribution in [0.3, 0.4) is 0 Å². The average Bonchev–Trinajstić information content (AvgIpc) is 2.12. The lowest BCUT2D eigenvalue weighted by molar-refractivity contribution is -0.0876. The molecule has 0 aromatic heterocycles. The van der Waals surface area contributed by atoms with Crippen LogP contribution in [0.5, 0.6) is 0 Å². The van der Waals surface area contributed by atoms with Crippen molar-refractivity contribution in [3.63, 3.8) is 0 Å². The van der Waals surface area contributed by atoms with Crippen molar-refractivity contribution in [2.24, 2.45) is 5.92 Å². The molecule has 0 rings (SSSR count). The Morgan fingerprint density at radius 1 is 1.31 bits per heavy atom. The molecule has 0 aliphatic rings. The zero-order chi connectivity index (χ0) is 10.5. The Bertz CT molecular complexity index is 138. The highest BCUT2D eigenvalue weighted by atomic mass is 16.5. The Morgan fingerprint density at radius 2 is 1.85 bits per heavy atom. The first kappa shape index (κ1) is 12.8. The van der Waals surface area contributed by atoms with Crippen LogP contribution in [-0.4, -0.2) is 38.9 Å². The molecule has 0 heterocycles. The molecule has 4 heteroatoms. The number of aliphatic hydroxyl groups excluding tert-OH is 2. The summed E-state index contributed by atoms with van der Waals surface area (Å²) in [4.78, 5) is 0. The summed E-state index contributed by atoms with van der Waals surface area (Å²) >= 11 is 0. The van der Waals surface area contributed by atoms with Gasteiger partial charge in [0.25, 0.3) is 0 Å². The Labute approximate surface area is 78.8 Å². The number of aliphatic hydroxyl groups is 4. The third-order valence-electron chi connectivity index (χ3n) is 2.64. The fourth-order valence-electron chi connectivity index (χ4n) is 1.32. The van der Waals surface area contributed by atoms with Crippen LogP contribution in [0.15, 0.2) is 0 Å². The molecule has 4 nitrogen and oxygen atoms in total. The summed E-state index contributed by atoms with van der Waals surface area (Å²) in [5.74, 6) is -0.240. The van der Waals surface area contributed by atoms with Crippen LogP contribution in [0.4, 0.5) is 0 Å². The average molecular weight is 192 g/mol. The van der Waals surface area contributed by atoms with E-state index < -0.39 is 11.9 Å². The molecule has 0 saturated heterocycles. The van der Waals surface area contributed by atoms with E-state index in [4.69, 9.17) is 15.3 Å². The van der Waals surface area contributed by atoms with Crippen LogP contribution >= 0.6 is 0 Å². The minimum absolute atomic E-state index is 0.0914. The molecule has 0 aliphatic heterocycles. The highest BCUT2D eigenvalue weighted by Crippen LogP contribution is 2.26. The first-order valence-electron chi connectivity index (χ1n) is 4.65. The summed E-state index contributed by atoms with van der Waals surface area (Å²) in [6.45, 7) is 3.47. The Kier molecular flexibility index (Phi) is 5.48. The van der Waals surface area contributed by atoms with Gasteiger partial charge in [-0.05, 0) is 12.8 Å². The van der Waals surface area contributed by atoms with E-state index in [2.05, 4.69) is 0 Å². The number of hydrogen-bond donors (Lipinski definition) is 4. The Hall–Kier alpha value is -0.160. The third-order valence-corrected chi connectivity index (χ3v) is 2.64. The highest BCUT2D eigenvalue weighted by Gasteiger charge is 2.31. The predicted octanol–water partition coefficient (Wildman–Crippen LogP) is -0.153. The quantitative estimate of drug-likeness (QED) is 0.441. The van der Waals surface area contributed by atoms with Gasteiger partial charge in [0.05, 0.1) is 5.60 Å². The fourth-order valence-corrected chi connectivity index (χ4v) is 1.32. The summed E-state index contributed by atoms with van der Waals surface area (Å²) in [6.07, 6.45) is -0.456. The lowest BCUT2D eigenvalue weighted by atomic mass is 9.83. The topological polar surface area (TPSA) is 80.9 Å². The smallest absolute Gasteiger partial charge is 0.151 e. The summed E-state index contributed by atoms with van der Waals surface area (Å²) < 4.78 is 0. The second-order valence-electron chi connectivity index (χ2n) is 3.56. The van der Waals surface area contributed by atoms with Gasteiger partial charge in [-0.25, -0.2) is 0 Å². The molecule has 0 fully saturated rings. The molecular formula is C9H20O4. The van der Waals surface area contributed by atoms with E-state index in [0.29, 0.717) is 12.8 Å². The molecule has 2 unspecified atom stereocenters. The summed E-state index contributed by atoms with van der Waals surface area (Å²) in [5.41, 5.74) is -0.988. The molecular weight excluding hydrogens is 172 g/mol. The first-order chi connectivity index (χ1) is 5.96. The second kappa shape index (κ2) is 5.54. The molecule has 0 bridgehead atoms. The van der Waals surface area contributed by atoms with Crippen LogP contribution < -0.4 is 0 Å². The van der Waals surface area contributed by atoms with E-state index in [1.54, 1.807) is 6.92 Å². The first-order valence-corrected chi connectivity index (χ1v) is 4.65. The maximum Gasteiger partial charge on any atom is 0.151 e. The SMILES string of the molecule is CCC(O)(CCC(O)O)C(C)CO. The molecule has 0 aromatic rings. The van der Waals surface area contributed by atoms with Gasteiger partial charge in [-0.2, -0.15) is 0 Å². The molecule has 4 N–H and O–H groups in total. The normalized spacial score (nSPS) is 18.7. The van der Waals surface area contributed by atoms with Gasteiger partial charge in [0.15, 0.2) is 6.29 Å². The van der Waals surface area contributed by atoms with Crippen LogP contribution in [0.25, 0.3) is 0 Å². The molecule has 2 atom stereocenters. The van der Waals surface area contributed by atoms with Gasteiger partial charge < -0.3 is 20.4 Å². The monoisotopic (exact) mass is 192 g/mol. The summed E-state index contributed by atoms with van der Waals surface area (Å²) in [6, 6.07) is 0. The van der Waals surface area contributed by atoms with E-state index in [1.165, 1.54) is 0 Å². The standard InChI is InChI=1S/C9H20O4/c1-3-9(13,7(2)6-10)5-4-8(11)12/h7-8,10-13H,3-6H2,1-2H3. The molecule has 0 radical (unpaired) electrons. The zero-order valence-electron chi connectivity index (χ0n) is 8.27. The molecule has 0 aliphatic carbocycles. The van der Waals surface area contributed by atoms with Gasteiger partial charge in [0.1, 0.15) is 0 Å². The van der Waals surface area contributed by atoms with Crippen molar-refractivity contribution in [3.8, 4) is 0 Å². The molecule has 0 aromatic carbocycles. The minimum Gasteiger partial charge on any atom is -0.396 e. The summed E-state index contributed by atoms with van der Waals surface area (Å²) in [5, 5.41) is 36.1. The van der Waals surface area contributed by atoms with Crippen LogP contribution in [0, 0.1) is 5.92 Å². The molecule has 80 valence electrons. The second-order valence-corrected chi connectivity index (χ2v) is 3.56. The van der Waals surface area contributed by atoms with Crippen molar-refractivity contribution in [1.82, 2.24) is 0 Å². The van der Waals surface area contributed by atoms with Gasteiger partial charge >= 0.3 is 0 Å². The Balaban J connectivity index is 4.11. The van der Waals surface area contributed by atoms with Crippen molar-refractivity contribution in [2.45, 2.75) is 45.0 Å². The van der Waals surface area contributed by atoms with Crippen molar-refractivity contribution < 1.29 is 20.4 Å². The van der Waals surface area contributed by atoms with E-state index in [9.17, 15) is 5.11 Å². The fraction of sp³-hybridized carbons (Fsp3) is 1.00. The molecule has 0 spiro atoms. The minimum atomic E-state index is -1.39. The van der Waals surface area contributed by atoms with Crippen molar-refractivity contribution >= 4 is 0 Å². The van der Waals surface area contributed by atoms with Crippen molar-refractivity contribution in [1.29, 1.82) is 0 Å². The van der Waals surface area contributed by atoms with Gasteiger partial charge in [0.2, 0.25) is 0 Å². The van der Waals surface area contributed by atoms with Crippen molar-refractivity contribution in [3.05, 3.63) is 0 Å². The van der Waals surface area contributed by atoms with Crippen LogP contribution in [0.2, 0.25) is 0 Å². The van der Waals surface area contributed by atoms with E-state index >= 15 is 0 Å². The lowest BCUT2D eigenvalue weighted by Crippen LogP contribution is -2.38.